The number of allylic oxidation sites excluding steroid dienone is 4. The van der Waals surface area contributed by atoms with Gasteiger partial charge in [0.15, 0.2) is 0 Å². The Balaban J connectivity index is 1.52. The lowest BCUT2D eigenvalue weighted by molar-refractivity contribution is 0.261. The van der Waals surface area contributed by atoms with E-state index in [4.69, 9.17) is 0 Å². The quantitative estimate of drug-likeness (QED) is 0.375. The second kappa shape index (κ2) is 11.9. The standard InChI is InChI=1S/C24H42/c1-3-5-6-10-22-17-19-24(20-18-22)12-8-7-11-23-15-13-21(9-4-2)14-16-23/h3,5,7-8,21-24H,4,6,9-20H2,1-2H3/b5-3+,8-7-/t21-,22-,23-,24-. The molecule has 2 rings (SSSR count). The molecule has 0 bridgehead atoms. The van der Waals surface area contributed by atoms with Crippen molar-refractivity contribution in [2.24, 2.45) is 23.7 Å². The first-order valence-electron chi connectivity index (χ1n) is 11.1. The van der Waals surface area contributed by atoms with Crippen LogP contribution in [0, 0.1) is 23.7 Å². The number of hydrogen-bond acceptors (Lipinski definition) is 0. The first-order chi connectivity index (χ1) is 11.8. The topological polar surface area (TPSA) is 0 Å². The van der Waals surface area contributed by atoms with Gasteiger partial charge in [-0.3, -0.25) is 0 Å². The first-order valence-corrected chi connectivity index (χ1v) is 11.1. The van der Waals surface area contributed by atoms with Crippen molar-refractivity contribution in [3.63, 3.8) is 0 Å². The molecule has 0 aromatic heterocycles. The van der Waals surface area contributed by atoms with E-state index in [2.05, 4.69) is 38.2 Å². The van der Waals surface area contributed by atoms with Crippen LogP contribution in [0.1, 0.15) is 104 Å². The second-order valence-corrected chi connectivity index (χ2v) is 8.65. The lowest BCUT2D eigenvalue weighted by Crippen LogP contribution is -2.14. The molecule has 0 N–H and O–H groups in total. The van der Waals surface area contributed by atoms with Gasteiger partial charge < -0.3 is 0 Å². The molecule has 0 aromatic carbocycles. The highest BCUT2D eigenvalue weighted by molar-refractivity contribution is 4.89. The first kappa shape index (κ1) is 19.8. The Bertz CT molecular complexity index is 348. The van der Waals surface area contributed by atoms with Crippen LogP contribution >= 0.6 is 0 Å². The lowest BCUT2D eigenvalue weighted by atomic mass is 9.78. The Labute approximate surface area is 152 Å². The molecule has 0 heteroatoms. The molecule has 0 atom stereocenters. The van der Waals surface area contributed by atoms with Crippen molar-refractivity contribution in [1.82, 2.24) is 0 Å². The molecule has 0 nitrogen and oxygen atoms in total. The Morgan fingerprint density at radius 2 is 1.08 bits per heavy atom. The molecule has 24 heavy (non-hydrogen) atoms. The number of hydrogen-bond donors (Lipinski definition) is 0. The van der Waals surface area contributed by atoms with Gasteiger partial charge in [0.2, 0.25) is 0 Å². The Morgan fingerprint density at radius 3 is 1.54 bits per heavy atom. The molecule has 0 aromatic rings. The predicted octanol–water partition coefficient (Wildman–Crippen LogP) is 8.09. The molecule has 0 amide bonds. The number of rotatable bonds is 9. The van der Waals surface area contributed by atoms with Crippen LogP contribution in [-0.4, -0.2) is 0 Å². The molecule has 0 saturated heterocycles. The van der Waals surface area contributed by atoms with E-state index >= 15 is 0 Å². The normalized spacial score (nSPS) is 31.9. The third-order valence-corrected chi connectivity index (χ3v) is 6.71. The van der Waals surface area contributed by atoms with Crippen LogP contribution in [0.3, 0.4) is 0 Å². The van der Waals surface area contributed by atoms with Crippen molar-refractivity contribution in [2.45, 2.75) is 104 Å². The van der Waals surface area contributed by atoms with Gasteiger partial charge >= 0.3 is 0 Å². The summed E-state index contributed by atoms with van der Waals surface area (Å²) in [6.07, 6.45) is 29.8. The molecule has 0 aliphatic heterocycles. The summed E-state index contributed by atoms with van der Waals surface area (Å²) < 4.78 is 0. The van der Waals surface area contributed by atoms with Crippen LogP contribution in [0.4, 0.5) is 0 Å². The Hall–Kier alpha value is -0.520. The van der Waals surface area contributed by atoms with Crippen LogP contribution in [0.15, 0.2) is 24.3 Å². The van der Waals surface area contributed by atoms with E-state index in [1.54, 1.807) is 0 Å². The maximum absolute atomic E-state index is 2.53. The van der Waals surface area contributed by atoms with Gasteiger partial charge in [0.1, 0.15) is 0 Å². The fraction of sp³-hybridized carbons (Fsp3) is 0.833. The summed E-state index contributed by atoms with van der Waals surface area (Å²) in [5, 5.41) is 0. The van der Waals surface area contributed by atoms with Crippen molar-refractivity contribution < 1.29 is 0 Å². The van der Waals surface area contributed by atoms with E-state index in [-0.39, 0.29) is 0 Å². The molecule has 0 radical (unpaired) electrons. The summed E-state index contributed by atoms with van der Waals surface area (Å²) in [5.74, 6) is 4.05. The third-order valence-electron chi connectivity index (χ3n) is 6.71. The predicted molar refractivity (Wildman–Crippen MR) is 108 cm³/mol. The average molecular weight is 331 g/mol. The van der Waals surface area contributed by atoms with Crippen molar-refractivity contribution in [2.75, 3.05) is 0 Å². The highest BCUT2D eigenvalue weighted by Crippen LogP contribution is 2.35. The zero-order valence-electron chi connectivity index (χ0n) is 16.5. The maximum atomic E-state index is 2.53. The van der Waals surface area contributed by atoms with Crippen LogP contribution in [0.25, 0.3) is 0 Å². The molecule has 2 saturated carbocycles. The molecule has 2 aliphatic carbocycles. The Morgan fingerprint density at radius 1 is 0.625 bits per heavy atom. The van der Waals surface area contributed by atoms with Gasteiger partial charge in [-0.15, -0.1) is 0 Å². The van der Waals surface area contributed by atoms with Gasteiger partial charge in [-0.2, -0.15) is 0 Å². The van der Waals surface area contributed by atoms with Gasteiger partial charge in [0.05, 0.1) is 0 Å². The van der Waals surface area contributed by atoms with Gasteiger partial charge in [-0.1, -0.05) is 69.8 Å². The van der Waals surface area contributed by atoms with Gasteiger partial charge in [0.25, 0.3) is 0 Å². The average Bonchev–Trinajstić information content (AvgIpc) is 2.62. The molecule has 0 spiro atoms. The van der Waals surface area contributed by atoms with Gasteiger partial charge in [-0.05, 0) is 82.0 Å². The van der Waals surface area contributed by atoms with Gasteiger partial charge in [0, 0.05) is 0 Å². The van der Waals surface area contributed by atoms with E-state index in [1.807, 2.05) is 0 Å². The zero-order valence-corrected chi connectivity index (χ0v) is 16.5. The van der Waals surface area contributed by atoms with Crippen molar-refractivity contribution in [3.8, 4) is 0 Å². The van der Waals surface area contributed by atoms with Crippen LogP contribution in [0.2, 0.25) is 0 Å². The molecular formula is C24H42. The summed E-state index contributed by atoms with van der Waals surface area (Å²) >= 11 is 0. The van der Waals surface area contributed by atoms with E-state index in [9.17, 15) is 0 Å². The minimum Gasteiger partial charge on any atom is -0.0917 e. The monoisotopic (exact) mass is 330 g/mol. The van der Waals surface area contributed by atoms with Gasteiger partial charge in [-0.25, -0.2) is 0 Å². The summed E-state index contributed by atoms with van der Waals surface area (Å²) in [5.41, 5.74) is 0. The highest BCUT2D eigenvalue weighted by atomic mass is 14.3. The van der Waals surface area contributed by atoms with Crippen LogP contribution < -0.4 is 0 Å². The maximum Gasteiger partial charge on any atom is -0.0322 e. The fourth-order valence-electron chi connectivity index (χ4n) is 5.00. The smallest absolute Gasteiger partial charge is 0.0322 e. The van der Waals surface area contributed by atoms with E-state index in [0.29, 0.717) is 0 Å². The third kappa shape index (κ3) is 7.58. The van der Waals surface area contributed by atoms with Crippen molar-refractivity contribution in [3.05, 3.63) is 24.3 Å². The van der Waals surface area contributed by atoms with Crippen molar-refractivity contribution >= 4 is 0 Å². The summed E-state index contributed by atoms with van der Waals surface area (Å²) in [6.45, 7) is 4.48. The lowest BCUT2D eigenvalue weighted by Gasteiger charge is -2.28. The molecule has 2 aliphatic rings. The van der Waals surface area contributed by atoms with Crippen LogP contribution in [0.5, 0.6) is 0 Å². The molecule has 0 heterocycles. The SMILES string of the molecule is C/C=C/CC[C@H]1CC[C@H](C/C=C\C[C@H]2CC[C@H](CCC)CC2)CC1. The summed E-state index contributed by atoms with van der Waals surface area (Å²) in [4.78, 5) is 0. The van der Waals surface area contributed by atoms with E-state index < -0.39 is 0 Å². The Kier molecular flexibility index (Phi) is 9.85. The fourth-order valence-corrected chi connectivity index (χ4v) is 5.00. The van der Waals surface area contributed by atoms with Crippen LogP contribution in [-0.2, 0) is 0 Å². The minimum absolute atomic E-state index is 0.986. The van der Waals surface area contributed by atoms with E-state index in [1.165, 1.54) is 89.9 Å². The highest BCUT2D eigenvalue weighted by Gasteiger charge is 2.21. The largest absolute Gasteiger partial charge is 0.0917 e. The van der Waals surface area contributed by atoms with E-state index in [0.717, 1.165) is 23.7 Å². The molecular weight excluding hydrogens is 288 g/mol. The molecule has 0 unspecified atom stereocenters. The second-order valence-electron chi connectivity index (χ2n) is 8.65. The zero-order chi connectivity index (χ0) is 17.0. The minimum atomic E-state index is 0.986. The molecule has 2 fully saturated rings. The summed E-state index contributed by atoms with van der Waals surface area (Å²) in [7, 11) is 0. The van der Waals surface area contributed by atoms with Crippen molar-refractivity contribution in [1.29, 1.82) is 0 Å². The molecule has 138 valence electrons. The summed E-state index contributed by atoms with van der Waals surface area (Å²) in [6, 6.07) is 0.